The van der Waals surface area contributed by atoms with Crippen LogP contribution in [0.25, 0.3) is 22.3 Å². The predicted molar refractivity (Wildman–Crippen MR) is 76.8 cm³/mol. The number of hydrogen-bond donors (Lipinski definition) is 0. The van der Waals surface area contributed by atoms with Gasteiger partial charge in [0.25, 0.3) is 0 Å². The van der Waals surface area contributed by atoms with E-state index < -0.39 is 12.6 Å². The second-order valence-corrected chi connectivity index (χ2v) is 4.60. The van der Waals surface area contributed by atoms with E-state index in [1.165, 1.54) is 6.20 Å². The maximum atomic E-state index is 13.7. The standard InChI is InChI=1S/C16H13F2N3/c17-6-8-21-11-14(10-20-21)12-3-1-4-13(9-12)15-5-2-7-19-16(15)18/h1-5,7,9-11H,6,8H2. The molecule has 0 aliphatic heterocycles. The molecule has 0 spiro atoms. The van der Waals surface area contributed by atoms with Crippen molar-refractivity contribution in [1.82, 2.24) is 14.8 Å². The summed E-state index contributed by atoms with van der Waals surface area (Å²) in [6.45, 7) is -0.223. The van der Waals surface area contributed by atoms with Crippen molar-refractivity contribution in [2.24, 2.45) is 0 Å². The Bertz CT molecular complexity index is 753. The van der Waals surface area contributed by atoms with E-state index in [-0.39, 0.29) is 6.54 Å². The SMILES string of the molecule is FCCn1cc(-c2cccc(-c3cccnc3F)c2)cn1. The normalized spacial score (nSPS) is 10.8. The van der Waals surface area contributed by atoms with E-state index in [0.29, 0.717) is 5.56 Å². The Labute approximate surface area is 120 Å². The molecule has 3 aromatic rings. The molecule has 0 N–H and O–H groups in total. The first kappa shape index (κ1) is 13.4. The van der Waals surface area contributed by atoms with Crippen molar-refractivity contribution in [3.8, 4) is 22.3 Å². The highest BCUT2D eigenvalue weighted by atomic mass is 19.1. The molecule has 0 fully saturated rings. The van der Waals surface area contributed by atoms with Crippen molar-refractivity contribution in [3.05, 3.63) is 60.9 Å². The smallest absolute Gasteiger partial charge is 0.220 e. The summed E-state index contributed by atoms with van der Waals surface area (Å²) >= 11 is 0. The monoisotopic (exact) mass is 285 g/mol. The number of aryl methyl sites for hydroxylation is 1. The summed E-state index contributed by atoms with van der Waals surface area (Å²) in [4.78, 5) is 3.66. The van der Waals surface area contributed by atoms with Gasteiger partial charge < -0.3 is 0 Å². The number of hydrogen-bond acceptors (Lipinski definition) is 2. The molecule has 1 aromatic carbocycles. The fraction of sp³-hybridized carbons (Fsp3) is 0.125. The van der Waals surface area contributed by atoms with E-state index in [1.54, 1.807) is 29.2 Å². The van der Waals surface area contributed by atoms with Gasteiger partial charge in [-0.15, -0.1) is 0 Å². The van der Waals surface area contributed by atoms with Crippen molar-refractivity contribution < 1.29 is 8.78 Å². The van der Waals surface area contributed by atoms with Gasteiger partial charge in [-0.05, 0) is 29.3 Å². The topological polar surface area (TPSA) is 30.7 Å². The summed E-state index contributed by atoms with van der Waals surface area (Å²) in [6, 6.07) is 10.9. The van der Waals surface area contributed by atoms with Crippen LogP contribution in [0, 0.1) is 5.95 Å². The van der Waals surface area contributed by atoms with Crippen molar-refractivity contribution in [3.63, 3.8) is 0 Å². The maximum absolute atomic E-state index is 13.7. The molecule has 3 rings (SSSR count). The number of rotatable bonds is 4. The van der Waals surface area contributed by atoms with Gasteiger partial charge in [0.15, 0.2) is 0 Å². The molecule has 0 atom stereocenters. The predicted octanol–water partition coefficient (Wildman–Crippen LogP) is 3.72. The molecule has 0 unspecified atom stereocenters. The first-order chi connectivity index (χ1) is 10.3. The van der Waals surface area contributed by atoms with Crippen LogP contribution in [0.1, 0.15) is 0 Å². The molecule has 0 amide bonds. The Hall–Kier alpha value is -2.56. The van der Waals surface area contributed by atoms with Crippen LogP contribution in [0.15, 0.2) is 55.0 Å². The minimum Gasteiger partial charge on any atom is -0.269 e. The van der Waals surface area contributed by atoms with Gasteiger partial charge in [-0.1, -0.05) is 18.2 Å². The quantitative estimate of drug-likeness (QED) is 0.684. The first-order valence-corrected chi connectivity index (χ1v) is 6.57. The lowest BCUT2D eigenvalue weighted by Crippen LogP contribution is -1.98. The van der Waals surface area contributed by atoms with E-state index in [2.05, 4.69) is 10.1 Å². The summed E-state index contributed by atoms with van der Waals surface area (Å²) in [7, 11) is 0. The summed E-state index contributed by atoms with van der Waals surface area (Å²) in [5.41, 5.74) is 2.97. The molecule has 5 heteroatoms. The number of nitrogens with zero attached hydrogens (tertiary/aromatic N) is 3. The molecule has 2 aromatic heterocycles. The zero-order valence-electron chi connectivity index (χ0n) is 11.2. The zero-order chi connectivity index (χ0) is 14.7. The maximum Gasteiger partial charge on any atom is 0.220 e. The second-order valence-electron chi connectivity index (χ2n) is 4.60. The van der Waals surface area contributed by atoms with Gasteiger partial charge in [-0.3, -0.25) is 4.68 Å². The van der Waals surface area contributed by atoms with Crippen LogP contribution >= 0.6 is 0 Å². The van der Waals surface area contributed by atoms with E-state index in [0.717, 1.165) is 16.7 Å². The number of benzene rings is 1. The third kappa shape index (κ3) is 2.81. The van der Waals surface area contributed by atoms with E-state index in [1.807, 2.05) is 24.3 Å². The molecule has 2 heterocycles. The van der Waals surface area contributed by atoms with Gasteiger partial charge in [0.2, 0.25) is 5.95 Å². The summed E-state index contributed by atoms with van der Waals surface area (Å²) in [5, 5.41) is 4.09. The molecular weight excluding hydrogens is 272 g/mol. The van der Waals surface area contributed by atoms with Crippen LogP contribution in [-0.2, 0) is 6.54 Å². The van der Waals surface area contributed by atoms with E-state index in [4.69, 9.17) is 0 Å². The molecule has 3 nitrogen and oxygen atoms in total. The number of aromatic nitrogens is 3. The van der Waals surface area contributed by atoms with Crippen LogP contribution in [-0.4, -0.2) is 21.4 Å². The van der Waals surface area contributed by atoms with Gasteiger partial charge in [0.1, 0.15) is 6.67 Å². The lowest BCUT2D eigenvalue weighted by molar-refractivity contribution is 0.427. The molecule has 0 bridgehead atoms. The fourth-order valence-corrected chi connectivity index (χ4v) is 2.19. The molecule has 0 aliphatic carbocycles. The Morgan fingerprint density at radius 2 is 1.90 bits per heavy atom. The summed E-state index contributed by atoms with van der Waals surface area (Å²) < 4.78 is 27.6. The molecule has 106 valence electrons. The van der Waals surface area contributed by atoms with Gasteiger partial charge >= 0.3 is 0 Å². The van der Waals surface area contributed by atoms with Crippen LogP contribution in [0.2, 0.25) is 0 Å². The van der Waals surface area contributed by atoms with Crippen LogP contribution in [0.4, 0.5) is 8.78 Å². The highest BCUT2D eigenvalue weighted by molar-refractivity contribution is 5.72. The molecule has 0 aliphatic rings. The van der Waals surface area contributed by atoms with Gasteiger partial charge in [-0.25, -0.2) is 9.37 Å². The average molecular weight is 285 g/mol. The highest BCUT2D eigenvalue weighted by Crippen LogP contribution is 2.27. The van der Waals surface area contributed by atoms with Crippen molar-refractivity contribution >= 4 is 0 Å². The number of halogens is 2. The van der Waals surface area contributed by atoms with E-state index >= 15 is 0 Å². The highest BCUT2D eigenvalue weighted by Gasteiger charge is 2.08. The molecule has 0 saturated carbocycles. The second kappa shape index (κ2) is 5.83. The molecule has 0 radical (unpaired) electrons. The van der Waals surface area contributed by atoms with Gasteiger partial charge in [-0.2, -0.15) is 9.49 Å². The zero-order valence-corrected chi connectivity index (χ0v) is 11.2. The summed E-state index contributed by atoms with van der Waals surface area (Å²) in [5.74, 6) is -0.497. The molecule has 21 heavy (non-hydrogen) atoms. The van der Waals surface area contributed by atoms with Crippen molar-refractivity contribution in [2.45, 2.75) is 6.54 Å². The van der Waals surface area contributed by atoms with Gasteiger partial charge in [0.05, 0.1) is 12.7 Å². The van der Waals surface area contributed by atoms with E-state index in [9.17, 15) is 8.78 Å². The fourth-order valence-electron chi connectivity index (χ4n) is 2.19. The van der Waals surface area contributed by atoms with Crippen LogP contribution < -0.4 is 0 Å². The Morgan fingerprint density at radius 1 is 1.05 bits per heavy atom. The lowest BCUT2D eigenvalue weighted by atomic mass is 10.0. The van der Waals surface area contributed by atoms with Crippen molar-refractivity contribution in [2.75, 3.05) is 6.67 Å². The Kier molecular flexibility index (Phi) is 3.73. The summed E-state index contributed by atoms with van der Waals surface area (Å²) in [6.07, 6.45) is 4.87. The minimum absolute atomic E-state index is 0.233. The lowest BCUT2D eigenvalue weighted by Gasteiger charge is -2.04. The Morgan fingerprint density at radius 3 is 2.71 bits per heavy atom. The van der Waals surface area contributed by atoms with Crippen LogP contribution in [0.3, 0.4) is 0 Å². The number of pyridine rings is 1. The van der Waals surface area contributed by atoms with Crippen LogP contribution in [0.5, 0.6) is 0 Å². The average Bonchev–Trinajstić information content (AvgIpc) is 2.97. The van der Waals surface area contributed by atoms with Gasteiger partial charge in [0, 0.05) is 23.5 Å². The molecule has 0 saturated heterocycles. The molecular formula is C16H13F2N3. The van der Waals surface area contributed by atoms with Crippen molar-refractivity contribution in [1.29, 1.82) is 0 Å². The third-order valence-corrected chi connectivity index (χ3v) is 3.21. The first-order valence-electron chi connectivity index (χ1n) is 6.57. The third-order valence-electron chi connectivity index (χ3n) is 3.21. The minimum atomic E-state index is -0.497. The Balaban J connectivity index is 1.98. The largest absolute Gasteiger partial charge is 0.269 e. The number of alkyl halides is 1.